The number of nitrogens with one attached hydrogen (secondary N) is 2. The van der Waals surface area contributed by atoms with Crippen molar-refractivity contribution in [2.45, 2.75) is 25.3 Å². The van der Waals surface area contributed by atoms with Crippen molar-refractivity contribution in [1.82, 2.24) is 20.2 Å². The van der Waals surface area contributed by atoms with Crippen molar-refractivity contribution in [3.05, 3.63) is 18.2 Å². The number of nitrogens with zero attached hydrogens (tertiary/aromatic N) is 2. The first kappa shape index (κ1) is 10.6. The summed E-state index contributed by atoms with van der Waals surface area (Å²) in [4.78, 5) is 9.53. The van der Waals surface area contributed by atoms with E-state index in [0.717, 1.165) is 13.0 Å². The molecule has 2 N–H and O–H groups in total. The van der Waals surface area contributed by atoms with Crippen molar-refractivity contribution in [2.24, 2.45) is 0 Å². The van der Waals surface area contributed by atoms with Gasteiger partial charge < -0.3 is 15.2 Å². The van der Waals surface area contributed by atoms with Gasteiger partial charge in [0.25, 0.3) is 0 Å². The SMILES string of the molecule is CN1CCC(NCCc2cnc[nH]2)CC1. The molecular formula is C11H20N4. The number of H-pyrrole nitrogens is 1. The average Bonchev–Trinajstić information content (AvgIpc) is 2.74. The van der Waals surface area contributed by atoms with E-state index in [1.165, 1.54) is 31.6 Å². The van der Waals surface area contributed by atoms with Gasteiger partial charge in [0.2, 0.25) is 0 Å². The predicted octanol–water partition coefficient (Wildman–Crippen LogP) is 0.636. The molecule has 1 fully saturated rings. The summed E-state index contributed by atoms with van der Waals surface area (Å²) in [5, 5.41) is 3.61. The van der Waals surface area contributed by atoms with Crippen LogP contribution < -0.4 is 5.32 Å². The number of rotatable bonds is 4. The van der Waals surface area contributed by atoms with Gasteiger partial charge in [-0.1, -0.05) is 0 Å². The summed E-state index contributed by atoms with van der Waals surface area (Å²) >= 11 is 0. The van der Waals surface area contributed by atoms with E-state index in [2.05, 4.69) is 27.2 Å². The fourth-order valence-electron chi connectivity index (χ4n) is 2.05. The quantitative estimate of drug-likeness (QED) is 0.763. The minimum atomic E-state index is 0.712. The Morgan fingerprint density at radius 3 is 3.00 bits per heavy atom. The first-order valence-electron chi connectivity index (χ1n) is 5.74. The van der Waals surface area contributed by atoms with Crippen LogP contribution in [0.5, 0.6) is 0 Å². The second-order valence-corrected chi connectivity index (χ2v) is 4.36. The molecule has 0 radical (unpaired) electrons. The van der Waals surface area contributed by atoms with Gasteiger partial charge in [-0.15, -0.1) is 0 Å². The first-order chi connectivity index (χ1) is 7.34. The molecule has 0 saturated carbocycles. The van der Waals surface area contributed by atoms with E-state index in [1.54, 1.807) is 6.33 Å². The van der Waals surface area contributed by atoms with Gasteiger partial charge in [-0.2, -0.15) is 0 Å². The number of aromatic nitrogens is 2. The zero-order chi connectivity index (χ0) is 10.5. The van der Waals surface area contributed by atoms with Crippen molar-refractivity contribution < 1.29 is 0 Å². The maximum absolute atomic E-state index is 4.01. The van der Waals surface area contributed by atoms with Crippen molar-refractivity contribution >= 4 is 0 Å². The van der Waals surface area contributed by atoms with Crippen LogP contribution in [0.15, 0.2) is 12.5 Å². The monoisotopic (exact) mass is 208 g/mol. The lowest BCUT2D eigenvalue weighted by Gasteiger charge is -2.29. The lowest BCUT2D eigenvalue weighted by atomic mass is 10.1. The molecule has 4 heteroatoms. The maximum atomic E-state index is 4.01. The molecule has 1 aliphatic heterocycles. The van der Waals surface area contributed by atoms with Gasteiger partial charge in [0.05, 0.1) is 6.33 Å². The van der Waals surface area contributed by atoms with Gasteiger partial charge >= 0.3 is 0 Å². The van der Waals surface area contributed by atoms with Crippen molar-refractivity contribution in [1.29, 1.82) is 0 Å². The molecule has 0 bridgehead atoms. The molecular weight excluding hydrogens is 188 g/mol. The second-order valence-electron chi connectivity index (χ2n) is 4.36. The van der Waals surface area contributed by atoms with Crippen molar-refractivity contribution in [3.8, 4) is 0 Å². The molecule has 0 aromatic carbocycles. The average molecular weight is 208 g/mol. The fourth-order valence-corrected chi connectivity index (χ4v) is 2.05. The molecule has 2 heterocycles. The molecule has 0 unspecified atom stereocenters. The summed E-state index contributed by atoms with van der Waals surface area (Å²) in [6, 6.07) is 0.712. The molecule has 1 aromatic heterocycles. The van der Waals surface area contributed by atoms with E-state index in [9.17, 15) is 0 Å². The highest BCUT2D eigenvalue weighted by atomic mass is 15.1. The first-order valence-corrected chi connectivity index (χ1v) is 5.74. The van der Waals surface area contributed by atoms with Gasteiger partial charge in [-0.25, -0.2) is 4.98 Å². The van der Waals surface area contributed by atoms with Gasteiger partial charge in [-0.3, -0.25) is 0 Å². The summed E-state index contributed by atoms with van der Waals surface area (Å²) in [6.45, 7) is 3.50. The van der Waals surface area contributed by atoms with E-state index >= 15 is 0 Å². The largest absolute Gasteiger partial charge is 0.348 e. The van der Waals surface area contributed by atoms with Crippen LogP contribution in [0.4, 0.5) is 0 Å². The van der Waals surface area contributed by atoms with E-state index in [4.69, 9.17) is 0 Å². The minimum absolute atomic E-state index is 0.712. The van der Waals surface area contributed by atoms with E-state index in [-0.39, 0.29) is 0 Å². The van der Waals surface area contributed by atoms with Crippen molar-refractivity contribution in [3.63, 3.8) is 0 Å². The molecule has 1 saturated heterocycles. The molecule has 15 heavy (non-hydrogen) atoms. The van der Waals surface area contributed by atoms with Gasteiger partial charge in [-0.05, 0) is 33.0 Å². The third-order valence-corrected chi connectivity index (χ3v) is 3.10. The molecule has 0 amide bonds. The molecule has 0 spiro atoms. The highest BCUT2D eigenvalue weighted by Crippen LogP contribution is 2.07. The van der Waals surface area contributed by atoms with Crippen LogP contribution in [0.2, 0.25) is 0 Å². The Balaban J connectivity index is 1.62. The standard InChI is InChI=1S/C11H20N4/c1-15-6-3-10(4-7-15)13-5-2-11-8-12-9-14-11/h8-10,13H,2-7H2,1H3,(H,12,14). The van der Waals surface area contributed by atoms with Crippen LogP contribution in [0.1, 0.15) is 18.5 Å². The number of likely N-dealkylation sites (tertiary alicyclic amines) is 1. The third kappa shape index (κ3) is 3.32. The van der Waals surface area contributed by atoms with Crippen LogP contribution in [-0.2, 0) is 6.42 Å². The Morgan fingerprint density at radius 2 is 2.33 bits per heavy atom. The zero-order valence-electron chi connectivity index (χ0n) is 9.37. The molecule has 1 aromatic rings. The van der Waals surface area contributed by atoms with Gasteiger partial charge in [0, 0.05) is 30.9 Å². The van der Waals surface area contributed by atoms with Gasteiger partial charge in [0.15, 0.2) is 0 Å². The van der Waals surface area contributed by atoms with E-state index in [0.29, 0.717) is 6.04 Å². The predicted molar refractivity (Wildman–Crippen MR) is 60.8 cm³/mol. The summed E-state index contributed by atoms with van der Waals surface area (Å²) in [5.74, 6) is 0. The number of piperidine rings is 1. The Labute approximate surface area is 91.1 Å². The normalized spacial score (nSPS) is 19.5. The van der Waals surface area contributed by atoms with Crippen LogP contribution >= 0.6 is 0 Å². The molecule has 2 rings (SSSR count). The Hall–Kier alpha value is -0.870. The van der Waals surface area contributed by atoms with Crippen LogP contribution in [0.25, 0.3) is 0 Å². The summed E-state index contributed by atoms with van der Waals surface area (Å²) in [5.41, 5.74) is 1.22. The minimum Gasteiger partial charge on any atom is -0.348 e. The topological polar surface area (TPSA) is 44.0 Å². The maximum Gasteiger partial charge on any atom is 0.0921 e. The van der Waals surface area contributed by atoms with Gasteiger partial charge in [0.1, 0.15) is 0 Å². The Bertz CT molecular complexity index is 262. The van der Waals surface area contributed by atoms with Crippen LogP contribution in [-0.4, -0.2) is 47.6 Å². The zero-order valence-corrected chi connectivity index (χ0v) is 9.37. The Kier molecular flexibility index (Phi) is 3.75. The summed E-state index contributed by atoms with van der Waals surface area (Å²) in [7, 11) is 2.20. The van der Waals surface area contributed by atoms with E-state index in [1.807, 2.05) is 6.20 Å². The number of hydrogen-bond acceptors (Lipinski definition) is 3. The molecule has 0 atom stereocenters. The highest BCUT2D eigenvalue weighted by molar-refractivity contribution is 4.94. The molecule has 4 nitrogen and oxygen atoms in total. The lowest BCUT2D eigenvalue weighted by molar-refractivity contribution is 0.235. The molecule has 1 aliphatic rings. The number of imidazole rings is 1. The molecule has 0 aliphatic carbocycles. The smallest absolute Gasteiger partial charge is 0.0921 e. The van der Waals surface area contributed by atoms with Crippen LogP contribution in [0, 0.1) is 0 Å². The highest BCUT2D eigenvalue weighted by Gasteiger charge is 2.15. The Morgan fingerprint density at radius 1 is 1.53 bits per heavy atom. The summed E-state index contributed by atoms with van der Waals surface area (Å²) < 4.78 is 0. The number of hydrogen-bond donors (Lipinski definition) is 2. The van der Waals surface area contributed by atoms with E-state index < -0.39 is 0 Å². The second kappa shape index (κ2) is 5.28. The fraction of sp³-hybridized carbons (Fsp3) is 0.727. The molecule has 84 valence electrons. The lowest BCUT2D eigenvalue weighted by Crippen LogP contribution is -2.41. The summed E-state index contributed by atoms with van der Waals surface area (Å²) in [6.07, 6.45) is 7.24. The number of aromatic amines is 1. The van der Waals surface area contributed by atoms with Crippen molar-refractivity contribution in [2.75, 3.05) is 26.7 Å². The third-order valence-electron chi connectivity index (χ3n) is 3.10. The van der Waals surface area contributed by atoms with Crippen LogP contribution in [0.3, 0.4) is 0 Å².